The number of nitrogens with one attached hydrogen (secondary N) is 1. The van der Waals surface area contributed by atoms with Crippen molar-refractivity contribution in [2.24, 2.45) is 0 Å². The summed E-state index contributed by atoms with van der Waals surface area (Å²) in [7, 11) is 1.33. The molecule has 1 atom stereocenters. The largest absolute Gasteiger partial charge is 0.490 e. The van der Waals surface area contributed by atoms with Crippen LogP contribution in [0.3, 0.4) is 0 Å². The molecule has 0 bridgehead atoms. The molecule has 35 heavy (non-hydrogen) atoms. The van der Waals surface area contributed by atoms with Crippen molar-refractivity contribution in [3.05, 3.63) is 64.2 Å². The fraction of sp³-hybridized carbons (Fsp3) is 0.462. The van der Waals surface area contributed by atoms with Crippen molar-refractivity contribution in [1.82, 2.24) is 10.2 Å². The minimum Gasteiger partial charge on any atom is -0.490 e. The minimum atomic E-state index is -0.664. The standard InChI is InChI=1S/C26H33N3O6/c1-19(26(31)27-21-11-7-4-8-12-21)28(16-15-20-9-5-3-6-10-20)25(30)18-35-22-13-14-23(29(32)33)24(17-22)34-2/h3,5-6,9-10,13-14,17,19,21H,4,7-8,11-12,15-16,18H2,1-2H3,(H,27,31). The van der Waals surface area contributed by atoms with E-state index in [9.17, 15) is 19.7 Å². The molecule has 1 fully saturated rings. The van der Waals surface area contributed by atoms with Gasteiger partial charge in [-0.3, -0.25) is 19.7 Å². The molecule has 3 rings (SSSR count). The lowest BCUT2D eigenvalue weighted by molar-refractivity contribution is -0.385. The molecule has 0 aromatic heterocycles. The van der Waals surface area contributed by atoms with Crippen molar-refractivity contribution < 1.29 is 24.0 Å². The maximum absolute atomic E-state index is 13.2. The van der Waals surface area contributed by atoms with Crippen LogP contribution in [0.4, 0.5) is 5.69 Å². The first-order valence-corrected chi connectivity index (χ1v) is 12.0. The molecule has 2 aromatic rings. The third-order valence-corrected chi connectivity index (χ3v) is 6.31. The summed E-state index contributed by atoms with van der Waals surface area (Å²) in [6.07, 6.45) is 5.90. The highest BCUT2D eigenvalue weighted by atomic mass is 16.6. The van der Waals surface area contributed by atoms with E-state index in [0.29, 0.717) is 13.0 Å². The summed E-state index contributed by atoms with van der Waals surface area (Å²) < 4.78 is 10.7. The van der Waals surface area contributed by atoms with Crippen molar-refractivity contribution in [1.29, 1.82) is 0 Å². The van der Waals surface area contributed by atoms with Crippen molar-refractivity contribution in [3.8, 4) is 11.5 Å². The molecule has 0 saturated heterocycles. The summed E-state index contributed by atoms with van der Waals surface area (Å²) in [5.74, 6) is -0.205. The van der Waals surface area contributed by atoms with Gasteiger partial charge in [0.1, 0.15) is 11.8 Å². The van der Waals surface area contributed by atoms with Gasteiger partial charge in [-0.2, -0.15) is 0 Å². The van der Waals surface area contributed by atoms with Crippen LogP contribution in [-0.4, -0.2) is 54.0 Å². The summed E-state index contributed by atoms with van der Waals surface area (Å²) in [6.45, 7) is 1.78. The van der Waals surface area contributed by atoms with Crippen LogP contribution in [0, 0.1) is 10.1 Å². The summed E-state index contributed by atoms with van der Waals surface area (Å²) in [6, 6.07) is 13.3. The van der Waals surface area contributed by atoms with Gasteiger partial charge < -0.3 is 19.7 Å². The van der Waals surface area contributed by atoms with Crippen molar-refractivity contribution in [2.45, 2.75) is 57.5 Å². The summed E-state index contributed by atoms with van der Waals surface area (Å²) in [4.78, 5) is 38.3. The highest BCUT2D eigenvalue weighted by Crippen LogP contribution is 2.30. The second-order valence-electron chi connectivity index (χ2n) is 8.72. The number of nitro benzene ring substituents is 1. The predicted molar refractivity (Wildman–Crippen MR) is 131 cm³/mol. The Hall–Kier alpha value is -3.62. The first-order valence-electron chi connectivity index (χ1n) is 12.0. The Bertz CT molecular complexity index is 1010. The number of ether oxygens (including phenoxy) is 2. The average Bonchev–Trinajstić information content (AvgIpc) is 2.88. The predicted octanol–water partition coefficient (Wildman–Crippen LogP) is 3.89. The number of carbonyl (C=O) groups excluding carboxylic acids is 2. The average molecular weight is 484 g/mol. The topological polar surface area (TPSA) is 111 Å². The van der Waals surface area contributed by atoms with E-state index in [4.69, 9.17) is 9.47 Å². The van der Waals surface area contributed by atoms with E-state index >= 15 is 0 Å². The van der Waals surface area contributed by atoms with Gasteiger partial charge in [0.15, 0.2) is 6.61 Å². The maximum atomic E-state index is 13.2. The Balaban J connectivity index is 1.68. The van der Waals surface area contributed by atoms with Crippen LogP contribution in [0.15, 0.2) is 48.5 Å². The van der Waals surface area contributed by atoms with Gasteiger partial charge in [-0.05, 0) is 37.8 Å². The number of carbonyl (C=O) groups is 2. The highest BCUT2D eigenvalue weighted by molar-refractivity contribution is 5.88. The number of rotatable bonds is 11. The van der Waals surface area contributed by atoms with E-state index in [1.165, 1.54) is 36.6 Å². The summed E-state index contributed by atoms with van der Waals surface area (Å²) in [5, 5.41) is 14.2. The fourth-order valence-corrected chi connectivity index (χ4v) is 4.27. The van der Waals surface area contributed by atoms with Crippen LogP contribution in [-0.2, 0) is 16.0 Å². The molecule has 188 valence electrons. The Labute approximate surface area is 205 Å². The number of methoxy groups -OCH3 is 1. The monoisotopic (exact) mass is 483 g/mol. The lowest BCUT2D eigenvalue weighted by Crippen LogP contribution is -2.52. The van der Waals surface area contributed by atoms with E-state index in [1.807, 2.05) is 30.3 Å². The molecular formula is C26H33N3O6. The zero-order chi connectivity index (χ0) is 25.2. The van der Waals surface area contributed by atoms with E-state index in [0.717, 1.165) is 31.2 Å². The summed E-state index contributed by atoms with van der Waals surface area (Å²) >= 11 is 0. The number of nitrogens with zero attached hydrogens (tertiary/aromatic N) is 2. The SMILES string of the molecule is COc1cc(OCC(=O)N(CCc2ccccc2)C(C)C(=O)NC2CCCCC2)ccc1[N+](=O)[O-]. The molecule has 1 unspecified atom stereocenters. The van der Waals surface area contributed by atoms with Crippen molar-refractivity contribution >= 4 is 17.5 Å². The molecule has 0 radical (unpaired) electrons. The van der Waals surface area contributed by atoms with E-state index < -0.39 is 11.0 Å². The quantitative estimate of drug-likeness (QED) is 0.383. The second kappa shape index (κ2) is 12.7. The highest BCUT2D eigenvalue weighted by Gasteiger charge is 2.28. The number of hydrogen-bond acceptors (Lipinski definition) is 6. The molecule has 1 aliphatic carbocycles. The zero-order valence-corrected chi connectivity index (χ0v) is 20.3. The van der Waals surface area contributed by atoms with Crippen LogP contribution in [0.25, 0.3) is 0 Å². The number of hydrogen-bond donors (Lipinski definition) is 1. The Kier molecular flexibility index (Phi) is 9.46. The molecular weight excluding hydrogens is 450 g/mol. The number of benzene rings is 2. The minimum absolute atomic E-state index is 0.0427. The van der Waals surface area contributed by atoms with E-state index in [1.54, 1.807) is 6.92 Å². The lowest BCUT2D eigenvalue weighted by Gasteiger charge is -2.31. The molecule has 1 N–H and O–H groups in total. The lowest BCUT2D eigenvalue weighted by atomic mass is 9.95. The van der Waals surface area contributed by atoms with E-state index in [-0.39, 0.29) is 41.6 Å². The van der Waals surface area contributed by atoms with Gasteiger partial charge in [0.25, 0.3) is 5.91 Å². The Morgan fingerprint density at radius 2 is 1.86 bits per heavy atom. The van der Waals surface area contributed by atoms with Gasteiger partial charge in [0.05, 0.1) is 12.0 Å². The van der Waals surface area contributed by atoms with Crippen LogP contribution >= 0.6 is 0 Å². The van der Waals surface area contributed by atoms with Crippen LogP contribution in [0.5, 0.6) is 11.5 Å². The van der Waals surface area contributed by atoms with Gasteiger partial charge in [0, 0.05) is 24.7 Å². The second-order valence-corrected chi connectivity index (χ2v) is 8.72. The van der Waals surface area contributed by atoms with Crippen molar-refractivity contribution in [3.63, 3.8) is 0 Å². The molecule has 2 amide bonds. The molecule has 0 heterocycles. The van der Waals surface area contributed by atoms with Crippen molar-refractivity contribution in [2.75, 3.05) is 20.3 Å². The smallest absolute Gasteiger partial charge is 0.311 e. The van der Waals surface area contributed by atoms with E-state index in [2.05, 4.69) is 5.32 Å². The summed E-state index contributed by atoms with van der Waals surface area (Å²) in [5.41, 5.74) is 0.870. The normalized spacial score (nSPS) is 14.6. The van der Waals surface area contributed by atoms with Crippen LogP contribution in [0.1, 0.15) is 44.6 Å². The fourth-order valence-electron chi connectivity index (χ4n) is 4.27. The molecule has 0 aliphatic heterocycles. The molecule has 2 aromatic carbocycles. The molecule has 9 heteroatoms. The first-order chi connectivity index (χ1) is 16.9. The van der Waals surface area contributed by atoms with Gasteiger partial charge in [0.2, 0.25) is 11.7 Å². The van der Waals surface area contributed by atoms with Crippen LogP contribution < -0.4 is 14.8 Å². The van der Waals surface area contributed by atoms with Gasteiger partial charge >= 0.3 is 5.69 Å². The molecule has 9 nitrogen and oxygen atoms in total. The Morgan fingerprint density at radius 1 is 1.14 bits per heavy atom. The van der Waals surface area contributed by atoms with Crippen LogP contribution in [0.2, 0.25) is 0 Å². The molecule has 1 aliphatic rings. The van der Waals surface area contributed by atoms with Gasteiger partial charge in [-0.1, -0.05) is 49.6 Å². The zero-order valence-electron chi connectivity index (χ0n) is 20.3. The molecule has 0 spiro atoms. The third kappa shape index (κ3) is 7.43. The first kappa shape index (κ1) is 26.0. The number of amides is 2. The van der Waals surface area contributed by atoms with Gasteiger partial charge in [-0.15, -0.1) is 0 Å². The molecule has 1 saturated carbocycles. The number of nitro groups is 1. The Morgan fingerprint density at radius 3 is 2.51 bits per heavy atom. The van der Waals surface area contributed by atoms with Gasteiger partial charge in [-0.25, -0.2) is 0 Å². The maximum Gasteiger partial charge on any atom is 0.311 e. The third-order valence-electron chi connectivity index (χ3n) is 6.31.